The van der Waals surface area contributed by atoms with E-state index in [1.54, 1.807) is 4.90 Å². The second-order valence-electron chi connectivity index (χ2n) is 6.57. The maximum atomic E-state index is 12.6. The molecule has 5 nitrogen and oxygen atoms in total. The van der Waals surface area contributed by atoms with Crippen molar-refractivity contribution in [1.82, 2.24) is 5.32 Å². The van der Waals surface area contributed by atoms with Gasteiger partial charge in [0.25, 0.3) is 0 Å². The molecule has 0 spiro atoms. The monoisotopic (exact) mass is 415 g/mol. The van der Waals surface area contributed by atoms with Crippen molar-refractivity contribution in [2.24, 2.45) is 11.7 Å². The van der Waals surface area contributed by atoms with Gasteiger partial charge in [0.05, 0.1) is 11.5 Å². The Labute approximate surface area is 156 Å². The number of nitrogens with two attached hydrogens (primary N) is 1. The van der Waals surface area contributed by atoms with E-state index in [1.165, 1.54) is 0 Å². The van der Waals surface area contributed by atoms with E-state index in [4.69, 9.17) is 5.73 Å². The van der Waals surface area contributed by atoms with Gasteiger partial charge in [-0.25, -0.2) is 0 Å². The molecule has 1 saturated heterocycles. The average Bonchev–Trinajstić information content (AvgIpc) is 3.14. The molecule has 1 saturated carbocycles. The molecule has 1 atom stereocenters. The van der Waals surface area contributed by atoms with Gasteiger partial charge in [0, 0.05) is 29.7 Å². The molecule has 132 valence electrons. The Morgan fingerprint density at radius 2 is 2.08 bits per heavy atom. The van der Waals surface area contributed by atoms with Crippen LogP contribution in [0.4, 0.5) is 5.69 Å². The minimum absolute atomic E-state index is 0. The van der Waals surface area contributed by atoms with Crippen molar-refractivity contribution in [3.05, 3.63) is 28.7 Å². The van der Waals surface area contributed by atoms with E-state index < -0.39 is 0 Å². The summed E-state index contributed by atoms with van der Waals surface area (Å²) in [6.07, 6.45) is 4.34. The normalized spacial score (nSPS) is 22.3. The Morgan fingerprint density at radius 1 is 1.38 bits per heavy atom. The lowest BCUT2D eigenvalue weighted by atomic mass is 9.96. The second kappa shape index (κ2) is 7.85. The fourth-order valence-corrected chi connectivity index (χ4v) is 3.96. The first-order valence-electron chi connectivity index (χ1n) is 8.11. The molecule has 0 radical (unpaired) electrons. The van der Waals surface area contributed by atoms with Crippen LogP contribution >= 0.6 is 28.3 Å². The first kappa shape index (κ1) is 19.2. The molecule has 7 heteroatoms. The standard InChI is InChI=1S/C17H22BrN3O2.ClH/c18-13-4-3-5-14(9-13)21-10-12(8-15(21)22)16(23)20-17(11-19)6-1-2-7-17;/h3-5,9,12H,1-2,6-8,10-11,19H2,(H,20,23);1H. The maximum absolute atomic E-state index is 12.6. The van der Waals surface area contributed by atoms with Gasteiger partial charge in [-0.05, 0) is 31.0 Å². The van der Waals surface area contributed by atoms with E-state index in [1.807, 2.05) is 24.3 Å². The summed E-state index contributed by atoms with van der Waals surface area (Å²) in [5.41, 5.74) is 6.45. The van der Waals surface area contributed by atoms with Gasteiger partial charge in [-0.3, -0.25) is 9.59 Å². The van der Waals surface area contributed by atoms with Crippen molar-refractivity contribution in [2.45, 2.75) is 37.6 Å². The van der Waals surface area contributed by atoms with Crippen LogP contribution in [0.25, 0.3) is 0 Å². The Morgan fingerprint density at radius 3 is 2.71 bits per heavy atom. The van der Waals surface area contributed by atoms with Crippen LogP contribution in [0.2, 0.25) is 0 Å². The molecule has 2 aliphatic rings. The lowest BCUT2D eigenvalue weighted by Gasteiger charge is -2.30. The molecule has 3 rings (SSSR count). The van der Waals surface area contributed by atoms with Crippen LogP contribution in [0, 0.1) is 5.92 Å². The Balaban J connectivity index is 0.00000208. The number of hydrogen-bond donors (Lipinski definition) is 2. The zero-order valence-electron chi connectivity index (χ0n) is 13.5. The number of hydrogen-bond acceptors (Lipinski definition) is 3. The van der Waals surface area contributed by atoms with Gasteiger partial charge < -0.3 is 16.0 Å². The molecule has 1 unspecified atom stereocenters. The van der Waals surface area contributed by atoms with Gasteiger partial charge in [-0.15, -0.1) is 12.4 Å². The quantitative estimate of drug-likeness (QED) is 0.792. The van der Waals surface area contributed by atoms with E-state index in [2.05, 4.69) is 21.2 Å². The van der Waals surface area contributed by atoms with Crippen LogP contribution in [0.3, 0.4) is 0 Å². The van der Waals surface area contributed by atoms with Crippen molar-refractivity contribution >= 4 is 45.8 Å². The Kier molecular flexibility index (Phi) is 6.28. The van der Waals surface area contributed by atoms with E-state index in [0.29, 0.717) is 13.1 Å². The topological polar surface area (TPSA) is 75.4 Å². The van der Waals surface area contributed by atoms with Gasteiger partial charge in [-0.2, -0.15) is 0 Å². The van der Waals surface area contributed by atoms with E-state index in [0.717, 1.165) is 35.8 Å². The highest BCUT2D eigenvalue weighted by atomic mass is 79.9. The number of halogens is 2. The predicted octanol–water partition coefficient (Wildman–Crippen LogP) is 2.61. The van der Waals surface area contributed by atoms with Crippen LogP contribution in [-0.2, 0) is 9.59 Å². The van der Waals surface area contributed by atoms with E-state index in [9.17, 15) is 9.59 Å². The summed E-state index contributed by atoms with van der Waals surface area (Å²) in [6, 6.07) is 7.60. The smallest absolute Gasteiger partial charge is 0.227 e. The first-order valence-corrected chi connectivity index (χ1v) is 8.90. The molecule has 0 bridgehead atoms. The highest BCUT2D eigenvalue weighted by Gasteiger charge is 2.40. The summed E-state index contributed by atoms with van der Waals surface area (Å²) in [5, 5.41) is 3.14. The molecule has 2 amide bonds. The number of rotatable bonds is 4. The largest absolute Gasteiger partial charge is 0.349 e. The highest BCUT2D eigenvalue weighted by Crippen LogP contribution is 2.31. The van der Waals surface area contributed by atoms with Crippen LogP contribution in [0.5, 0.6) is 0 Å². The lowest BCUT2D eigenvalue weighted by molar-refractivity contribution is -0.127. The zero-order valence-corrected chi connectivity index (χ0v) is 15.9. The Hall–Kier alpha value is -1.11. The van der Waals surface area contributed by atoms with E-state index in [-0.39, 0.29) is 42.1 Å². The summed E-state index contributed by atoms with van der Waals surface area (Å²) in [7, 11) is 0. The zero-order chi connectivity index (χ0) is 16.4. The molecule has 2 fully saturated rings. The third-order valence-electron chi connectivity index (χ3n) is 4.96. The fraction of sp³-hybridized carbons (Fsp3) is 0.529. The molecule has 1 aromatic carbocycles. The molecule has 1 heterocycles. The molecule has 1 aliphatic carbocycles. The molecular weight excluding hydrogens is 394 g/mol. The van der Waals surface area contributed by atoms with Gasteiger partial charge in [0.15, 0.2) is 0 Å². The van der Waals surface area contributed by atoms with Crippen molar-refractivity contribution in [3.8, 4) is 0 Å². The molecular formula is C17H23BrClN3O2. The fourth-order valence-electron chi connectivity index (χ4n) is 3.57. The number of anilines is 1. The van der Waals surface area contributed by atoms with E-state index >= 15 is 0 Å². The van der Waals surface area contributed by atoms with Crippen molar-refractivity contribution < 1.29 is 9.59 Å². The number of nitrogens with one attached hydrogen (secondary N) is 1. The van der Waals surface area contributed by atoms with Gasteiger partial charge in [0.2, 0.25) is 11.8 Å². The summed E-state index contributed by atoms with van der Waals surface area (Å²) in [5.74, 6) is -0.342. The van der Waals surface area contributed by atoms with Crippen molar-refractivity contribution in [1.29, 1.82) is 0 Å². The molecule has 3 N–H and O–H groups in total. The van der Waals surface area contributed by atoms with Crippen LogP contribution in [0.1, 0.15) is 32.1 Å². The average molecular weight is 417 g/mol. The molecule has 24 heavy (non-hydrogen) atoms. The van der Waals surface area contributed by atoms with Crippen molar-refractivity contribution in [2.75, 3.05) is 18.0 Å². The number of amides is 2. The van der Waals surface area contributed by atoms with Gasteiger partial charge in [-0.1, -0.05) is 34.8 Å². The SMILES string of the molecule is Cl.NCC1(NC(=O)C2CC(=O)N(c3cccc(Br)c3)C2)CCCC1. The maximum Gasteiger partial charge on any atom is 0.227 e. The summed E-state index contributed by atoms with van der Waals surface area (Å²) < 4.78 is 0.920. The minimum Gasteiger partial charge on any atom is -0.349 e. The first-order chi connectivity index (χ1) is 11.0. The Bertz CT molecular complexity index is 620. The molecule has 1 aliphatic heterocycles. The lowest BCUT2D eigenvalue weighted by Crippen LogP contribution is -2.53. The number of carbonyl (C=O) groups is 2. The second-order valence-corrected chi connectivity index (χ2v) is 7.48. The summed E-state index contributed by atoms with van der Waals surface area (Å²) in [6.45, 7) is 0.899. The number of nitrogens with zero attached hydrogens (tertiary/aromatic N) is 1. The predicted molar refractivity (Wildman–Crippen MR) is 100 cm³/mol. The van der Waals surface area contributed by atoms with Crippen molar-refractivity contribution in [3.63, 3.8) is 0 Å². The third-order valence-corrected chi connectivity index (χ3v) is 5.45. The summed E-state index contributed by atoms with van der Waals surface area (Å²) >= 11 is 3.42. The number of benzene rings is 1. The number of carbonyl (C=O) groups excluding carboxylic acids is 2. The van der Waals surface area contributed by atoms with Crippen LogP contribution < -0.4 is 16.0 Å². The molecule has 1 aromatic rings. The van der Waals surface area contributed by atoms with Gasteiger partial charge >= 0.3 is 0 Å². The molecule has 0 aromatic heterocycles. The van der Waals surface area contributed by atoms with Gasteiger partial charge in [0.1, 0.15) is 0 Å². The summed E-state index contributed by atoms with van der Waals surface area (Å²) in [4.78, 5) is 26.6. The minimum atomic E-state index is -0.300. The van der Waals surface area contributed by atoms with Crippen LogP contribution in [0.15, 0.2) is 28.7 Å². The third kappa shape index (κ3) is 3.92. The van der Waals surface area contributed by atoms with Crippen LogP contribution in [-0.4, -0.2) is 30.4 Å². The highest BCUT2D eigenvalue weighted by molar-refractivity contribution is 9.10.